The fourth-order valence-corrected chi connectivity index (χ4v) is 5.20. The molecule has 1 saturated heterocycles. The molecule has 3 aromatic rings. The summed E-state index contributed by atoms with van der Waals surface area (Å²) in [4.78, 5) is 23.2. The van der Waals surface area contributed by atoms with Gasteiger partial charge in [0.25, 0.3) is 5.91 Å². The number of halogens is 1. The van der Waals surface area contributed by atoms with E-state index in [1.165, 1.54) is 0 Å². The van der Waals surface area contributed by atoms with E-state index in [1.807, 2.05) is 18.2 Å². The van der Waals surface area contributed by atoms with Crippen LogP contribution in [0.1, 0.15) is 28.4 Å². The maximum absolute atomic E-state index is 13.2. The van der Waals surface area contributed by atoms with Crippen molar-refractivity contribution in [1.29, 1.82) is 0 Å². The first kappa shape index (κ1) is 26.3. The van der Waals surface area contributed by atoms with Gasteiger partial charge >= 0.3 is 0 Å². The van der Waals surface area contributed by atoms with Crippen molar-refractivity contribution in [1.82, 2.24) is 20.2 Å². The van der Waals surface area contributed by atoms with Crippen LogP contribution < -0.4 is 20.1 Å². The minimum atomic E-state index is -0.210. The molecule has 38 heavy (non-hydrogen) atoms. The lowest BCUT2D eigenvalue weighted by molar-refractivity contribution is -0.0107. The molecule has 0 radical (unpaired) electrons. The summed E-state index contributed by atoms with van der Waals surface area (Å²) in [6, 6.07) is 7.35. The number of likely N-dealkylation sites (N-methyl/N-ethyl adjacent to an activating group) is 1. The molecule has 10 nitrogen and oxygen atoms in total. The number of benzene rings is 1. The first-order chi connectivity index (χ1) is 18.5. The summed E-state index contributed by atoms with van der Waals surface area (Å²) >= 11 is 6.39. The highest BCUT2D eigenvalue weighted by atomic mass is 35.5. The van der Waals surface area contributed by atoms with Gasteiger partial charge in [-0.05, 0) is 31.7 Å². The second-order valence-corrected chi connectivity index (χ2v) is 9.83. The van der Waals surface area contributed by atoms with Gasteiger partial charge in [0, 0.05) is 43.1 Å². The van der Waals surface area contributed by atoms with Crippen molar-refractivity contribution in [3.05, 3.63) is 52.9 Å². The number of H-pyrrole nitrogens is 1. The van der Waals surface area contributed by atoms with Crippen molar-refractivity contribution in [3.63, 3.8) is 0 Å². The number of nitrogens with zero attached hydrogens (tertiary/aromatic N) is 2. The number of para-hydroxylation sites is 1. The highest BCUT2D eigenvalue weighted by Crippen LogP contribution is 2.44. The molecular formula is C27H32ClN5O5. The zero-order valence-electron chi connectivity index (χ0n) is 21.4. The summed E-state index contributed by atoms with van der Waals surface area (Å²) in [7, 11) is 3.60. The maximum atomic E-state index is 13.2. The van der Waals surface area contributed by atoms with E-state index in [4.69, 9.17) is 25.8 Å². The van der Waals surface area contributed by atoms with Crippen LogP contribution in [0.5, 0.6) is 11.5 Å². The number of ether oxygens (including phenoxy) is 3. The third-order valence-electron chi connectivity index (χ3n) is 7.09. The van der Waals surface area contributed by atoms with E-state index >= 15 is 0 Å². The number of morpholine rings is 1. The lowest BCUT2D eigenvalue weighted by Gasteiger charge is -2.32. The van der Waals surface area contributed by atoms with Crippen molar-refractivity contribution in [3.8, 4) is 22.8 Å². The highest BCUT2D eigenvalue weighted by molar-refractivity contribution is 6.32. The standard InChI is InChI=1S/C27H32ClN5O5/c1-33-9-11-37-14-17(33)15-38-21-13-29-8-6-18(21)24-25(31-20-5-3-4-19(28)26(20)36-2)22-23(32-24)16(7-10-34)12-30-27(22)35/h3-6,8,13,16-17,31-32,34H,7,9-12,14-15H2,1-2H3,(H,30,35)/t16-,17-/m0/s1. The van der Waals surface area contributed by atoms with Gasteiger partial charge in [0.1, 0.15) is 12.4 Å². The summed E-state index contributed by atoms with van der Waals surface area (Å²) in [5.41, 5.74) is 3.82. The summed E-state index contributed by atoms with van der Waals surface area (Å²) < 4.78 is 17.5. The first-order valence-corrected chi connectivity index (χ1v) is 13.0. The van der Waals surface area contributed by atoms with E-state index < -0.39 is 0 Å². The number of carbonyl (C=O) groups excluding carboxylic acids is 1. The third kappa shape index (κ3) is 5.17. The number of methoxy groups -OCH3 is 1. The summed E-state index contributed by atoms with van der Waals surface area (Å²) in [5.74, 6) is 0.746. The smallest absolute Gasteiger partial charge is 0.255 e. The number of nitrogens with one attached hydrogen (secondary N) is 3. The van der Waals surface area contributed by atoms with Crippen LogP contribution in [0.4, 0.5) is 11.4 Å². The van der Waals surface area contributed by atoms with E-state index in [2.05, 4.69) is 32.5 Å². The lowest BCUT2D eigenvalue weighted by atomic mass is 9.94. The second kappa shape index (κ2) is 11.6. The monoisotopic (exact) mass is 541 g/mol. The molecule has 4 heterocycles. The van der Waals surface area contributed by atoms with E-state index in [-0.39, 0.29) is 24.5 Å². The van der Waals surface area contributed by atoms with Crippen molar-refractivity contribution in [2.45, 2.75) is 18.4 Å². The number of aromatic amines is 1. The highest BCUT2D eigenvalue weighted by Gasteiger charge is 2.33. The Bertz CT molecular complexity index is 1300. The molecule has 5 rings (SSSR count). The number of amides is 1. The maximum Gasteiger partial charge on any atom is 0.255 e. The first-order valence-electron chi connectivity index (χ1n) is 12.6. The predicted octanol–water partition coefficient (Wildman–Crippen LogP) is 3.40. The van der Waals surface area contributed by atoms with Gasteiger partial charge in [0.15, 0.2) is 5.75 Å². The van der Waals surface area contributed by atoms with Gasteiger partial charge in [-0.1, -0.05) is 17.7 Å². The van der Waals surface area contributed by atoms with Crippen LogP contribution in [-0.4, -0.2) is 85.6 Å². The van der Waals surface area contributed by atoms with Crippen LogP contribution >= 0.6 is 11.6 Å². The largest absolute Gasteiger partial charge is 0.493 e. The summed E-state index contributed by atoms with van der Waals surface area (Å²) in [6.07, 6.45) is 3.86. The molecule has 0 unspecified atom stereocenters. The van der Waals surface area contributed by atoms with Gasteiger partial charge in [0.2, 0.25) is 0 Å². The van der Waals surface area contributed by atoms with Gasteiger partial charge in [0.05, 0.1) is 60.2 Å². The number of hydrogen-bond donors (Lipinski definition) is 4. The van der Waals surface area contributed by atoms with E-state index in [1.54, 1.807) is 25.6 Å². The zero-order chi connectivity index (χ0) is 26.6. The Morgan fingerprint density at radius 2 is 2.21 bits per heavy atom. The van der Waals surface area contributed by atoms with Gasteiger partial charge in [-0.25, -0.2) is 0 Å². The summed E-state index contributed by atoms with van der Waals surface area (Å²) in [5, 5.41) is 16.5. The molecule has 2 aliphatic rings. The molecular weight excluding hydrogens is 510 g/mol. The Morgan fingerprint density at radius 1 is 1.34 bits per heavy atom. The fourth-order valence-electron chi connectivity index (χ4n) is 4.95. The number of aliphatic hydroxyl groups is 1. The number of aromatic nitrogens is 2. The molecule has 2 aliphatic heterocycles. The van der Waals surface area contributed by atoms with Crippen LogP contribution in [0.25, 0.3) is 11.3 Å². The Kier molecular flexibility index (Phi) is 8.04. The molecule has 202 valence electrons. The average Bonchev–Trinajstić information content (AvgIpc) is 3.30. The molecule has 0 saturated carbocycles. The Labute approximate surface area is 226 Å². The molecule has 1 fully saturated rings. The van der Waals surface area contributed by atoms with Gasteiger partial charge < -0.3 is 34.9 Å². The van der Waals surface area contributed by atoms with Crippen LogP contribution in [0.15, 0.2) is 36.7 Å². The van der Waals surface area contributed by atoms with Crippen molar-refractivity contribution in [2.75, 3.05) is 59.0 Å². The molecule has 0 spiro atoms. The number of fused-ring (bicyclic) bond motifs is 1. The van der Waals surface area contributed by atoms with Gasteiger partial charge in [-0.3, -0.25) is 14.7 Å². The molecule has 4 N–H and O–H groups in total. The second-order valence-electron chi connectivity index (χ2n) is 9.42. The van der Waals surface area contributed by atoms with Crippen molar-refractivity contribution >= 4 is 28.9 Å². The van der Waals surface area contributed by atoms with Crippen LogP contribution in [-0.2, 0) is 4.74 Å². The Morgan fingerprint density at radius 3 is 3.00 bits per heavy atom. The lowest BCUT2D eigenvalue weighted by Crippen LogP contribution is -2.46. The molecule has 11 heteroatoms. The number of anilines is 2. The Balaban J connectivity index is 1.59. The van der Waals surface area contributed by atoms with Crippen LogP contribution in [0, 0.1) is 0 Å². The van der Waals surface area contributed by atoms with Crippen molar-refractivity contribution < 1.29 is 24.1 Å². The molecule has 1 amide bonds. The number of pyridine rings is 1. The van der Waals surface area contributed by atoms with E-state index in [0.717, 1.165) is 17.8 Å². The fraction of sp³-hybridized carbons (Fsp3) is 0.407. The zero-order valence-corrected chi connectivity index (χ0v) is 22.2. The normalized spacial score (nSPS) is 19.5. The molecule has 0 bridgehead atoms. The van der Waals surface area contributed by atoms with Gasteiger partial charge in [-0.15, -0.1) is 0 Å². The van der Waals surface area contributed by atoms with E-state index in [0.29, 0.717) is 71.9 Å². The average molecular weight is 542 g/mol. The number of aliphatic hydroxyl groups excluding tert-OH is 1. The number of hydrogen-bond acceptors (Lipinski definition) is 8. The third-order valence-corrected chi connectivity index (χ3v) is 7.39. The van der Waals surface area contributed by atoms with Gasteiger partial charge in [-0.2, -0.15) is 0 Å². The minimum Gasteiger partial charge on any atom is -0.493 e. The molecule has 0 aliphatic carbocycles. The molecule has 2 atom stereocenters. The molecule has 2 aromatic heterocycles. The van der Waals surface area contributed by atoms with Crippen LogP contribution in [0.2, 0.25) is 5.02 Å². The van der Waals surface area contributed by atoms with Crippen molar-refractivity contribution in [2.24, 2.45) is 0 Å². The predicted molar refractivity (Wildman–Crippen MR) is 145 cm³/mol. The SMILES string of the molecule is COc1c(Cl)cccc1Nc1c(-c2ccncc2OC[C@@H]2COCCN2C)[nH]c2c1C(=O)NC[C@@H]2CCO. The minimum absolute atomic E-state index is 0.000195. The topological polar surface area (TPSA) is 121 Å². The number of rotatable bonds is 9. The number of carbonyl (C=O) groups is 1. The van der Waals surface area contributed by atoms with E-state index in [9.17, 15) is 9.90 Å². The summed E-state index contributed by atoms with van der Waals surface area (Å²) in [6.45, 7) is 2.99. The Hall–Kier alpha value is -3.31. The molecule has 1 aromatic carbocycles. The van der Waals surface area contributed by atoms with Crippen LogP contribution in [0.3, 0.4) is 0 Å². The quantitative estimate of drug-likeness (QED) is 0.325.